The number of nitrogens with one attached hydrogen (secondary N) is 2. The van der Waals surface area contributed by atoms with E-state index in [4.69, 9.17) is 9.47 Å². The van der Waals surface area contributed by atoms with Gasteiger partial charge in [0.15, 0.2) is 0 Å². The van der Waals surface area contributed by atoms with Gasteiger partial charge in [-0.25, -0.2) is 0 Å². The smallest absolute Gasteiger partial charge is 0.234 e. The molecule has 0 unspecified atom stereocenters. The molecule has 0 radical (unpaired) electrons. The maximum atomic E-state index is 12.6. The van der Waals surface area contributed by atoms with E-state index >= 15 is 0 Å². The summed E-state index contributed by atoms with van der Waals surface area (Å²) in [6, 6.07) is 14.3. The van der Waals surface area contributed by atoms with Gasteiger partial charge in [-0.1, -0.05) is 18.2 Å². The number of H-pyrrole nitrogens is 1. The van der Waals surface area contributed by atoms with Crippen LogP contribution in [-0.4, -0.2) is 49.6 Å². The molecule has 2 aromatic carbocycles. The lowest BCUT2D eigenvalue weighted by Crippen LogP contribution is -2.37. The number of ether oxygens (including phenoxy) is 2. The van der Waals surface area contributed by atoms with Crippen molar-refractivity contribution >= 4 is 16.8 Å². The fourth-order valence-electron chi connectivity index (χ4n) is 4.38. The first kappa shape index (κ1) is 20.3. The average Bonchev–Trinajstić information content (AvgIpc) is 3.40. The first-order valence-electron chi connectivity index (χ1n) is 10.5. The van der Waals surface area contributed by atoms with E-state index in [1.54, 1.807) is 14.2 Å². The second-order valence-corrected chi connectivity index (χ2v) is 7.70. The molecule has 1 saturated heterocycles. The molecule has 6 heteroatoms. The Morgan fingerprint density at radius 3 is 2.90 bits per heavy atom. The molecule has 1 aromatic heterocycles. The number of likely N-dealkylation sites (tertiary alicyclic amines) is 1. The Hall–Kier alpha value is -2.99. The SMILES string of the molecule is COc1ccc(OC)c([C@@H]2CCCN2CC(=O)NCCc2c[nH]c3ccccc23)c1. The Labute approximate surface area is 177 Å². The van der Waals surface area contributed by atoms with Gasteiger partial charge in [-0.05, 0) is 55.6 Å². The van der Waals surface area contributed by atoms with Crippen molar-refractivity contribution < 1.29 is 14.3 Å². The molecule has 0 aliphatic carbocycles. The Morgan fingerprint density at radius 2 is 2.07 bits per heavy atom. The van der Waals surface area contributed by atoms with Gasteiger partial charge in [-0.15, -0.1) is 0 Å². The van der Waals surface area contributed by atoms with Crippen LogP contribution in [0.4, 0.5) is 0 Å². The van der Waals surface area contributed by atoms with E-state index in [1.165, 1.54) is 10.9 Å². The second kappa shape index (κ2) is 9.22. The number of rotatable bonds is 8. The number of nitrogens with zero attached hydrogens (tertiary/aromatic N) is 1. The highest BCUT2D eigenvalue weighted by Crippen LogP contribution is 2.38. The van der Waals surface area contributed by atoms with Gasteiger partial charge in [-0.2, -0.15) is 0 Å². The fourth-order valence-corrected chi connectivity index (χ4v) is 4.38. The molecule has 158 valence electrons. The van der Waals surface area contributed by atoms with Crippen LogP contribution in [0, 0.1) is 0 Å². The molecule has 2 heterocycles. The maximum absolute atomic E-state index is 12.6. The Bertz CT molecular complexity index is 1010. The molecular formula is C24H29N3O3. The van der Waals surface area contributed by atoms with Crippen molar-refractivity contribution in [3.05, 3.63) is 59.8 Å². The summed E-state index contributed by atoms with van der Waals surface area (Å²) in [7, 11) is 3.35. The minimum Gasteiger partial charge on any atom is -0.497 e. The van der Waals surface area contributed by atoms with Crippen molar-refractivity contribution in [2.24, 2.45) is 0 Å². The average molecular weight is 408 g/mol. The molecule has 0 spiro atoms. The number of methoxy groups -OCH3 is 2. The third-order valence-corrected chi connectivity index (χ3v) is 5.90. The highest BCUT2D eigenvalue weighted by molar-refractivity contribution is 5.83. The molecular weight excluding hydrogens is 378 g/mol. The molecule has 1 aliphatic heterocycles. The molecule has 4 rings (SSSR count). The maximum Gasteiger partial charge on any atom is 0.234 e. The van der Waals surface area contributed by atoms with Crippen LogP contribution in [-0.2, 0) is 11.2 Å². The molecule has 30 heavy (non-hydrogen) atoms. The molecule has 3 aromatic rings. The highest BCUT2D eigenvalue weighted by Gasteiger charge is 2.30. The van der Waals surface area contributed by atoms with Crippen LogP contribution in [0.15, 0.2) is 48.7 Å². The largest absolute Gasteiger partial charge is 0.497 e. The zero-order valence-corrected chi connectivity index (χ0v) is 17.6. The molecule has 1 fully saturated rings. The number of hydrogen-bond donors (Lipinski definition) is 2. The zero-order chi connectivity index (χ0) is 20.9. The molecule has 1 aliphatic rings. The van der Waals surface area contributed by atoms with Gasteiger partial charge in [0.2, 0.25) is 5.91 Å². The zero-order valence-electron chi connectivity index (χ0n) is 17.6. The van der Waals surface area contributed by atoms with Crippen molar-refractivity contribution in [2.45, 2.75) is 25.3 Å². The number of hydrogen-bond acceptors (Lipinski definition) is 4. The van der Waals surface area contributed by atoms with Gasteiger partial charge in [-0.3, -0.25) is 9.69 Å². The first-order valence-corrected chi connectivity index (χ1v) is 10.5. The van der Waals surface area contributed by atoms with Crippen LogP contribution >= 0.6 is 0 Å². The summed E-state index contributed by atoms with van der Waals surface area (Å²) >= 11 is 0. The van der Waals surface area contributed by atoms with E-state index in [0.717, 1.165) is 48.4 Å². The van der Waals surface area contributed by atoms with Gasteiger partial charge in [0, 0.05) is 35.2 Å². The number of benzene rings is 2. The van der Waals surface area contributed by atoms with Crippen LogP contribution in [0.2, 0.25) is 0 Å². The third-order valence-electron chi connectivity index (χ3n) is 5.90. The van der Waals surface area contributed by atoms with Crippen LogP contribution < -0.4 is 14.8 Å². The number of aromatic amines is 1. The van der Waals surface area contributed by atoms with E-state index < -0.39 is 0 Å². The van der Waals surface area contributed by atoms with Crippen molar-refractivity contribution in [2.75, 3.05) is 33.9 Å². The van der Waals surface area contributed by atoms with E-state index in [2.05, 4.69) is 27.3 Å². The van der Waals surface area contributed by atoms with Crippen LogP contribution in [0.25, 0.3) is 10.9 Å². The Balaban J connectivity index is 1.36. The number of fused-ring (bicyclic) bond motifs is 1. The normalized spacial score (nSPS) is 16.7. The minimum absolute atomic E-state index is 0.0589. The number of amides is 1. The van der Waals surface area contributed by atoms with Crippen LogP contribution in [0.1, 0.15) is 30.0 Å². The van der Waals surface area contributed by atoms with E-state index in [9.17, 15) is 4.79 Å². The van der Waals surface area contributed by atoms with Crippen molar-refractivity contribution in [3.63, 3.8) is 0 Å². The lowest BCUT2D eigenvalue weighted by Gasteiger charge is -2.26. The number of aromatic nitrogens is 1. The van der Waals surface area contributed by atoms with Crippen molar-refractivity contribution in [3.8, 4) is 11.5 Å². The molecule has 6 nitrogen and oxygen atoms in total. The Morgan fingerprint density at radius 1 is 1.20 bits per heavy atom. The summed E-state index contributed by atoms with van der Waals surface area (Å²) in [5, 5.41) is 4.30. The van der Waals surface area contributed by atoms with Crippen molar-refractivity contribution in [1.29, 1.82) is 0 Å². The predicted molar refractivity (Wildman–Crippen MR) is 118 cm³/mol. The summed E-state index contributed by atoms with van der Waals surface area (Å²) in [6.07, 6.45) is 4.91. The summed E-state index contributed by atoms with van der Waals surface area (Å²) in [5.41, 5.74) is 3.44. The highest BCUT2D eigenvalue weighted by atomic mass is 16.5. The lowest BCUT2D eigenvalue weighted by molar-refractivity contribution is -0.122. The molecule has 0 bridgehead atoms. The minimum atomic E-state index is 0.0589. The number of para-hydroxylation sites is 1. The van der Waals surface area contributed by atoms with Gasteiger partial charge in [0.05, 0.1) is 20.8 Å². The summed E-state index contributed by atoms with van der Waals surface area (Å²) < 4.78 is 11.0. The molecule has 2 N–H and O–H groups in total. The fraction of sp³-hybridized carbons (Fsp3) is 0.375. The number of carbonyl (C=O) groups excluding carboxylic acids is 1. The van der Waals surface area contributed by atoms with E-state index in [1.807, 2.05) is 36.5 Å². The van der Waals surface area contributed by atoms with Gasteiger partial charge < -0.3 is 19.8 Å². The van der Waals surface area contributed by atoms with Crippen LogP contribution in [0.3, 0.4) is 0 Å². The summed E-state index contributed by atoms with van der Waals surface area (Å²) in [6.45, 7) is 1.92. The predicted octanol–water partition coefficient (Wildman–Crippen LogP) is 3.68. The van der Waals surface area contributed by atoms with Gasteiger partial charge >= 0.3 is 0 Å². The summed E-state index contributed by atoms with van der Waals surface area (Å²) in [5.74, 6) is 1.71. The number of carbonyl (C=O) groups is 1. The lowest BCUT2D eigenvalue weighted by atomic mass is 10.0. The van der Waals surface area contributed by atoms with Crippen LogP contribution in [0.5, 0.6) is 11.5 Å². The quantitative estimate of drug-likeness (QED) is 0.598. The monoisotopic (exact) mass is 407 g/mol. The second-order valence-electron chi connectivity index (χ2n) is 7.70. The molecule has 1 atom stereocenters. The topological polar surface area (TPSA) is 66.6 Å². The van der Waals surface area contributed by atoms with Crippen molar-refractivity contribution in [1.82, 2.24) is 15.2 Å². The Kier molecular flexibility index (Phi) is 6.23. The van der Waals surface area contributed by atoms with Gasteiger partial charge in [0.25, 0.3) is 0 Å². The van der Waals surface area contributed by atoms with E-state index in [-0.39, 0.29) is 11.9 Å². The van der Waals surface area contributed by atoms with E-state index in [0.29, 0.717) is 13.1 Å². The third kappa shape index (κ3) is 4.28. The molecule has 1 amide bonds. The molecule has 0 saturated carbocycles. The van der Waals surface area contributed by atoms with Gasteiger partial charge in [0.1, 0.15) is 11.5 Å². The summed E-state index contributed by atoms with van der Waals surface area (Å²) in [4.78, 5) is 18.1. The standard InChI is InChI=1S/C24H29N3O3/c1-29-18-9-10-23(30-2)20(14-18)22-8-5-13-27(22)16-24(28)25-12-11-17-15-26-21-7-4-3-6-19(17)21/h3-4,6-7,9-10,14-15,22,26H,5,8,11-13,16H2,1-2H3,(H,25,28)/t22-/m0/s1. The first-order chi connectivity index (χ1) is 14.7.